The van der Waals surface area contributed by atoms with Crippen LogP contribution >= 0.6 is 15.9 Å². The van der Waals surface area contributed by atoms with Crippen LogP contribution in [-0.4, -0.2) is 23.9 Å². The fourth-order valence-corrected chi connectivity index (χ4v) is 2.67. The highest BCUT2D eigenvalue weighted by molar-refractivity contribution is 9.10. The standard InChI is InChI=1S/C14H16BrFN2O2/c1-3-4-12-14(20)18(8(2)13(19)17-12)9-5-6-11(16)10(15)7-9/h5-8,12H,3-4H2,1-2H3,(H,17,19). The molecule has 2 amide bonds. The van der Waals surface area contributed by atoms with Crippen molar-refractivity contribution in [2.75, 3.05) is 4.90 Å². The van der Waals surface area contributed by atoms with Crippen LogP contribution in [0, 0.1) is 5.82 Å². The number of carbonyl (C=O) groups is 2. The van der Waals surface area contributed by atoms with E-state index in [9.17, 15) is 14.0 Å². The van der Waals surface area contributed by atoms with Crippen molar-refractivity contribution in [1.29, 1.82) is 0 Å². The van der Waals surface area contributed by atoms with Crippen LogP contribution in [-0.2, 0) is 9.59 Å². The van der Waals surface area contributed by atoms with E-state index in [2.05, 4.69) is 21.2 Å². The van der Waals surface area contributed by atoms with E-state index in [1.807, 2.05) is 6.92 Å². The molecule has 1 N–H and O–H groups in total. The van der Waals surface area contributed by atoms with E-state index in [0.29, 0.717) is 12.1 Å². The van der Waals surface area contributed by atoms with E-state index in [1.165, 1.54) is 23.1 Å². The van der Waals surface area contributed by atoms with E-state index >= 15 is 0 Å². The van der Waals surface area contributed by atoms with Gasteiger partial charge in [-0.3, -0.25) is 14.5 Å². The minimum absolute atomic E-state index is 0.155. The molecule has 108 valence electrons. The largest absolute Gasteiger partial charge is 0.342 e. The first kappa shape index (κ1) is 15.0. The first-order chi connectivity index (χ1) is 9.45. The van der Waals surface area contributed by atoms with Gasteiger partial charge in [-0.15, -0.1) is 0 Å². The van der Waals surface area contributed by atoms with E-state index in [0.717, 1.165) is 6.42 Å². The molecule has 1 aliphatic heterocycles. The topological polar surface area (TPSA) is 49.4 Å². The van der Waals surface area contributed by atoms with Crippen molar-refractivity contribution < 1.29 is 14.0 Å². The summed E-state index contributed by atoms with van der Waals surface area (Å²) in [5.41, 5.74) is 0.520. The van der Waals surface area contributed by atoms with Crippen LogP contribution < -0.4 is 10.2 Å². The van der Waals surface area contributed by atoms with E-state index in [-0.39, 0.29) is 16.3 Å². The maximum absolute atomic E-state index is 13.3. The second-order valence-electron chi connectivity index (χ2n) is 4.83. The van der Waals surface area contributed by atoms with Crippen molar-refractivity contribution in [1.82, 2.24) is 5.32 Å². The van der Waals surface area contributed by atoms with Crippen LogP contribution in [0.15, 0.2) is 22.7 Å². The minimum Gasteiger partial charge on any atom is -0.342 e. The fourth-order valence-electron chi connectivity index (χ4n) is 2.30. The monoisotopic (exact) mass is 342 g/mol. The lowest BCUT2D eigenvalue weighted by atomic mass is 10.0. The molecule has 20 heavy (non-hydrogen) atoms. The number of halogens is 2. The van der Waals surface area contributed by atoms with Crippen LogP contribution in [0.1, 0.15) is 26.7 Å². The molecule has 2 unspecified atom stereocenters. The maximum Gasteiger partial charge on any atom is 0.250 e. The molecule has 0 spiro atoms. The van der Waals surface area contributed by atoms with E-state index < -0.39 is 17.9 Å². The van der Waals surface area contributed by atoms with Gasteiger partial charge >= 0.3 is 0 Å². The summed E-state index contributed by atoms with van der Waals surface area (Å²) in [4.78, 5) is 25.9. The van der Waals surface area contributed by atoms with E-state index in [4.69, 9.17) is 0 Å². The molecular formula is C14H16BrFN2O2. The minimum atomic E-state index is -0.604. The summed E-state index contributed by atoms with van der Waals surface area (Å²) < 4.78 is 13.6. The van der Waals surface area contributed by atoms with Crippen molar-refractivity contribution >= 4 is 33.4 Å². The summed E-state index contributed by atoms with van der Waals surface area (Å²) in [5.74, 6) is -0.749. The van der Waals surface area contributed by atoms with Crippen molar-refractivity contribution in [2.24, 2.45) is 0 Å². The Morgan fingerprint density at radius 3 is 2.70 bits per heavy atom. The van der Waals surface area contributed by atoms with Gasteiger partial charge in [-0.25, -0.2) is 4.39 Å². The zero-order valence-corrected chi connectivity index (χ0v) is 12.9. The second-order valence-corrected chi connectivity index (χ2v) is 5.69. The Morgan fingerprint density at radius 2 is 2.10 bits per heavy atom. The Kier molecular flexibility index (Phi) is 4.42. The Morgan fingerprint density at radius 1 is 1.40 bits per heavy atom. The van der Waals surface area contributed by atoms with Gasteiger partial charge < -0.3 is 5.32 Å². The number of amides is 2. The molecular weight excluding hydrogens is 327 g/mol. The third-order valence-electron chi connectivity index (χ3n) is 3.38. The summed E-state index contributed by atoms with van der Waals surface area (Å²) in [6.45, 7) is 3.61. The fraction of sp³-hybridized carbons (Fsp3) is 0.429. The average Bonchev–Trinajstić information content (AvgIpc) is 2.40. The molecule has 4 nitrogen and oxygen atoms in total. The van der Waals surface area contributed by atoms with Gasteiger partial charge in [0.25, 0.3) is 0 Å². The van der Waals surface area contributed by atoms with Crippen LogP contribution in [0.3, 0.4) is 0 Å². The molecule has 0 aromatic heterocycles. The van der Waals surface area contributed by atoms with Crippen molar-refractivity contribution in [2.45, 2.75) is 38.8 Å². The van der Waals surface area contributed by atoms with Gasteiger partial charge in [0, 0.05) is 5.69 Å². The highest BCUT2D eigenvalue weighted by Crippen LogP contribution is 2.27. The average molecular weight is 343 g/mol. The first-order valence-corrected chi connectivity index (χ1v) is 7.33. The predicted molar refractivity (Wildman–Crippen MR) is 77.9 cm³/mol. The normalized spacial score (nSPS) is 22.9. The molecule has 0 aliphatic carbocycles. The van der Waals surface area contributed by atoms with Crippen LogP contribution in [0.25, 0.3) is 0 Å². The number of anilines is 1. The molecule has 0 saturated carbocycles. The molecule has 1 aromatic rings. The Bertz CT molecular complexity index is 550. The van der Waals surface area contributed by atoms with Crippen LogP contribution in [0.5, 0.6) is 0 Å². The molecule has 0 radical (unpaired) electrons. The summed E-state index contributed by atoms with van der Waals surface area (Å²) in [7, 11) is 0. The maximum atomic E-state index is 13.3. The molecule has 6 heteroatoms. The lowest BCUT2D eigenvalue weighted by Gasteiger charge is -2.37. The summed E-state index contributed by atoms with van der Waals surface area (Å²) in [6, 6.07) is 3.20. The molecule has 2 rings (SSSR count). The smallest absolute Gasteiger partial charge is 0.250 e. The van der Waals surface area contributed by atoms with Gasteiger partial charge in [0.1, 0.15) is 17.9 Å². The highest BCUT2D eigenvalue weighted by Gasteiger charge is 2.38. The number of carbonyl (C=O) groups excluding carboxylic acids is 2. The summed E-state index contributed by atoms with van der Waals surface area (Å²) in [6.07, 6.45) is 1.39. The molecule has 1 aliphatic rings. The second kappa shape index (κ2) is 5.91. The lowest BCUT2D eigenvalue weighted by molar-refractivity contribution is -0.133. The van der Waals surface area contributed by atoms with Gasteiger partial charge in [-0.05, 0) is 47.5 Å². The molecule has 2 atom stereocenters. The quantitative estimate of drug-likeness (QED) is 0.917. The zero-order chi connectivity index (χ0) is 14.9. The van der Waals surface area contributed by atoms with Gasteiger partial charge in [0.05, 0.1) is 4.47 Å². The number of piperazine rings is 1. The number of rotatable bonds is 3. The Labute approximate surface area is 125 Å². The first-order valence-electron chi connectivity index (χ1n) is 6.54. The molecule has 1 heterocycles. The van der Waals surface area contributed by atoms with Gasteiger partial charge in [-0.1, -0.05) is 13.3 Å². The van der Waals surface area contributed by atoms with Gasteiger partial charge in [-0.2, -0.15) is 0 Å². The van der Waals surface area contributed by atoms with Crippen LogP contribution in [0.2, 0.25) is 0 Å². The van der Waals surface area contributed by atoms with E-state index in [1.54, 1.807) is 6.92 Å². The van der Waals surface area contributed by atoms with Crippen molar-refractivity contribution in [3.05, 3.63) is 28.5 Å². The van der Waals surface area contributed by atoms with Gasteiger partial charge in [0.15, 0.2) is 0 Å². The zero-order valence-electron chi connectivity index (χ0n) is 11.3. The highest BCUT2D eigenvalue weighted by atomic mass is 79.9. The third-order valence-corrected chi connectivity index (χ3v) is 3.99. The number of hydrogen-bond donors (Lipinski definition) is 1. The molecule has 1 saturated heterocycles. The van der Waals surface area contributed by atoms with Crippen molar-refractivity contribution in [3.8, 4) is 0 Å². The predicted octanol–water partition coefficient (Wildman–Crippen LogP) is 2.61. The van der Waals surface area contributed by atoms with Crippen molar-refractivity contribution in [3.63, 3.8) is 0 Å². The molecule has 1 fully saturated rings. The van der Waals surface area contributed by atoms with Crippen LogP contribution in [0.4, 0.5) is 10.1 Å². The molecule has 0 bridgehead atoms. The number of nitrogens with zero attached hydrogens (tertiary/aromatic N) is 1. The molecule has 1 aromatic carbocycles. The number of nitrogens with one attached hydrogen (secondary N) is 1. The SMILES string of the molecule is CCCC1NC(=O)C(C)N(c2ccc(F)c(Br)c2)C1=O. The Hall–Kier alpha value is -1.43. The number of benzene rings is 1. The number of hydrogen-bond acceptors (Lipinski definition) is 2. The summed E-state index contributed by atoms with van der Waals surface area (Å²) in [5, 5.41) is 2.73. The summed E-state index contributed by atoms with van der Waals surface area (Å²) >= 11 is 3.10. The lowest BCUT2D eigenvalue weighted by Crippen LogP contribution is -2.62. The Balaban J connectivity index is 2.37. The third kappa shape index (κ3) is 2.70. The van der Waals surface area contributed by atoms with Gasteiger partial charge in [0.2, 0.25) is 11.8 Å².